The number of piperidine rings is 1. The molecule has 2 heterocycles. The van der Waals surface area contributed by atoms with Gasteiger partial charge in [-0.3, -0.25) is 4.79 Å². The first-order chi connectivity index (χ1) is 11.7. The van der Waals surface area contributed by atoms with Crippen LogP contribution in [-0.4, -0.2) is 51.7 Å². The van der Waals surface area contributed by atoms with Crippen LogP contribution in [0.5, 0.6) is 6.01 Å². The van der Waals surface area contributed by atoms with Gasteiger partial charge in [-0.15, -0.1) is 0 Å². The number of hydrogen-bond donors (Lipinski definition) is 1. The first kappa shape index (κ1) is 16.4. The van der Waals surface area contributed by atoms with Gasteiger partial charge in [-0.05, 0) is 24.5 Å². The van der Waals surface area contributed by atoms with E-state index in [4.69, 9.17) is 4.74 Å². The third kappa shape index (κ3) is 4.29. The van der Waals surface area contributed by atoms with Crippen LogP contribution in [0.3, 0.4) is 0 Å². The van der Waals surface area contributed by atoms with E-state index in [-0.39, 0.29) is 30.5 Å². The molecule has 1 amide bonds. The summed E-state index contributed by atoms with van der Waals surface area (Å²) in [5, 5.41) is 10.2. The Morgan fingerprint density at radius 2 is 1.96 bits per heavy atom. The molecule has 6 nitrogen and oxygen atoms in total. The fourth-order valence-electron chi connectivity index (χ4n) is 2.94. The number of aromatic nitrogens is 2. The Bertz CT molecular complexity index is 651. The average Bonchev–Trinajstić information content (AvgIpc) is 2.63. The molecule has 1 fully saturated rings. The van der Waals surface area contributed by atoms with E-state index in [0.29, 0.717) is 19.5 Å². The molecule has 2 aromatic rings. The van der Waals surface area contributed by atoms with Crippen molar-refractivity contribution >= 4 is 5.91 Å². The van der Waals surface area contributed by atoms with Gasteiger partial charge in [0.05, 0.1) is 6.10 Å². The van der Waals surface area contributed by atoms with Gasteiger partial charge in [-0.2, -0.15) is 0 Å². The largest absolute Gasteiger partial charge is 0.453 e. The molecule has 3 rings (SSSR count). The van der Waals surface area contributed by atoms with Gasteiger partial charge in [0.2, 0.25) is 0 Å². The maximum atomic E-state index is 12.3. The second-order valence-electron chi connectivity index (χ2n) is 5.97. The lowest BCUT2D eigenvalue weighted by molar-refractivity contribution is -0.137. The van der Waals surface area contributed by atoms with Crippen molar-refractivity contribution < 1.29 is 14.6 Å². The second kappa shape index (κ2) is 7.88. The van der Waals surface area contributed by atoms with Crippen LogP contribution < -0.4 is 4.74 Å². The molecular formula is C18H21N3O3. The lowest BCUT2D eigenvalue weighted by Crippen LogP contribution is -2.48. The summed E-state index contributed by atoms with van der Waals surface area (Å²) < 4.78 is 5.33. The van der Waals surface area contributed by atoms with Crippen LogP contribution in [0.2, 0.25) is 0 Å². The quantitative estimate of drug-likeness (QED) is 0.896. The van der Waals surface area contributed by atoms with Crippen LogP contribution in [0.15, 0.2) is 48.8 Å². The SMILES string of the molecule is O=C(COc1ncccn1)N1CC[C@@H](O)[C@H](Cc2ccccc2)C1. The van der Waals surface area contributed by atoms with Gasteiger partial charge in [0.15, 0.2) is 6.61 Å². The number of aliphatic hydroxyl groups is 1. The zero-order valence-corrected chi connectivity index (χ0v) is 13.4. The maximum Gasteiger partial charge on any atom is 0.316 e. The van der Waals surface area contributed by atoms with Gasteiger partial charge < -0.3 is 14.7 Å². The number of carbonyl (C=O) groups excluding carboxylic acids is 1. The van der Waals surface area contributed by atoms with E-state index in [0.717, 1.165) is 6.42 Å². The number of benzene rings is 1. The second-order valence-corrected chi connectivity index (χ2v) is 5.97. The van der Waals surface area contributed by atoms with Gasteiger partial charge in [0.25, 0.3) is 5.91 Å². The Hall–Kier alpha value is -2.47. The number of carbonyl (C=O) groups is 1. The fraction of sp³-hybridized carbons (Fsp3) is 0.389. The number of nitrogens with zero attached hydrogens (tertiary/aromatic N) is 3. The summed E-state index contributed by atoms with van der Waals surface area (Å²) in [7, 11) is 0. The lowest BCUT2D eigenvalue weighted by atomic mass is 9.88. The molecule has 1 aliphatic rings. The molecule has 1 N–H and O–H groups in total. The van der Waals surface area contributed by atoms with E-state index < -0.39 is 0 Å². The number of amides is 1. The predicted molar refractivity (Wildman–Crippen MR) is 88.4 cm³/mol. The third-order valence-electron chi connectivity index (χ3n) is 4.25. The topological polar surface area (TPSA) is 75.5 Å². The van der Waals surface area contributed by atoms with Crippen LogP contribution >= 0.6 is 0 Å². The summed E-state index contributed by atoms with van der Waals surface area (Å²) in [6, 6.07) is 11.9. The van der Waals surface area contributed by atoms with Crippen molar-refractivity contribution in [2.75, 3.05) is 19.7 Å². The van der Waals surface area contributed by atoms with Crippen LogP contribution in [-0.2, 0) is 11.2 Å². The molecular weight excluding hydrogens is 306 g/mol. The minimum atomic E-state index is -0.382. The van der Waals surface area contributed by atoms with Crippen molar-refractivity contribution in [2.45, 2.75) is 18.9 Å². The Morgan fingerprint density at radius 3 is 2.71 bits per heavy atom. The Labute approximate surface area is 141 Å². The standard InChI is InChI=1S/C18H21N3O3/c22-16-7-10-21(12-15(16)11-14-5-2-1-3-6-14)17(23)13-24-18-19-8-4-9-20-18/h1-6,8-9,15-16,22H,7,10-13H2/t15-,16-/m1/s1. The van der Waals surface area contributed by atoms with Crippen LogP contribution in [0.4, 0.5) is 0 Å². The number of aliphatic hydroxyl groups excluding tert-OH is 1. The average molecular weight is 327 g/mol. The highest BCUT2D eigenvalue weighted by atomic mass is 16.5. The molecule has 1 aliphatic heterocycles. The van der Waals surface area contributed by atoms with E-state index in [1.54, 1.807) is 23.4 Å². The molecule has 0 radical (unpaired) electrons. The predicted octanol–water partition coefficient (Wildman–Crippen LogP) is 1.31. The van der Waals surface area contributed by atoms with Crippen molar-refractivity contribution in [3.63, 3.8) is 0 Å². The molecule has 1 aromatic carbocycles. The van der Waals surface area contributed by atoms with Crippen molar-refractivity contribution in [1.82, 2.24) is 14.9 Å². The highest BCUT2D eigenvalue weighted by Gasteiger charge is 2.30. The van der Waals surface area contributed by atoms with Crippen LogP contribution in [0.25, 0.3) is 0 Å². The van der Waals surface area contributed by atoms with Crippen molar-refractivity contribution in [2.24, 2.45) is 5.92 Å². The number of rotatable bonds is 5. The summed E-state index contributed by atoms with van der Waals surface area (Å²) in [6.45, 7) is 0.996. The monoisotopic (exact) mass is 327 g/mol. The maximum absolute atomic E-state index is 12.3. The first-order valence-corrected chi connectivity index (χ1v) is 8.12. The summed E-state index contributed by atoms with van der Waals surface area (Å²) in [5.41, 5.74) is 1.17. The van der Waals surface area contributed by atoms with Crippen LogP contribution in [0, 0.1) is 5.92 Å². The summed E-state index contributed by atoms with van der Waals surface area (Å²) in [4.78, 5) is 22.0. The van der Waals surface area contributed by atoms with Gasteiger partial charge in [0.1, 0.15) is 0 Å². The van der Waals surface area contributed by atoms with Gasteiger partial charge in [-0.1, -0.05) is 30.3 Å². The van der Waals surface area contributed by atoms with Gasteiger partial charge in [-0.25, -0.2) is 9.97 Å². The van der Waals surface area contributed by atoms with Crippen molar-refractivity contribution in [3.8, 4) is 6.01 Å². The fourth-order valence-corrected chi connectivity index (χ4v) is 2.94. The molecule has 0 saturated carbocycles. The highest BCUT2D eigenvalue weighted by molar-refractivity contribution is 5.77. The highest BCUT2D eigenvalue weighted by Crippen LogP contribution is 2.21. The van der Waals surface area contributed by atoms with E-state index in [1.807, 2.05) is 30.3 Å². The van der Waals surface area contributed by atoms with E-state index in [9.17, 15) is 9.90 Å². The van der Waals surface area contributed by atoms with Gasteiger partial charge in [0, 0.05) is 31.4 Å². The first-order valence-electron chi connectivity index (χ1n) is 8.12. The van der Waals surface area contributed by atoms with Crippen molar-refractivity contribution in [3.05, 3.63) is 54.4 Å². The smallest absolute Gasteiger partial charge is 0.316 e. The summed E-state index contributed by atoms with van der Waals surface area (Å²) in [5.74, 6) is -0.0644. The molecule has 6 heteroatoms. The molecule has 0 aliphatic carbocycles. The van der Waals surface area contributed by atoms with E-state index in [1.165, 1.54) is 5.56 Å². The number of ether oxygens (including phenoxy) is 1. The summed E-state index contributed by atoms with van der Waals surface area (Å²) in [6.07, 6.45) is 4.10. The number of likely N-dealkylation sites (tertiary alicyclic amines) is 1. The van der Waals surface area contributed by atoms with E-state index >= 15 is 0 Å². The molecule has 2 atom stereocenters. The Morgan fingerprint density at radius 1 is 1.21 bits per heavy atom. The zero-order chi connectivity index (χ0) is 16.8. The zero-order valence-electron chi connectivity index (χ0n) is 13.4. The van der Waals surface area contributed by atoms with Gasteiger partial charge >= 0.3 is 6.01 Å². The number of hydrogen-bond acceptors (Lipinski definition) is 5. The van der Waals surface area contributed by atoms with E-state index in [2.05, 4.69) is 9.97 Å². The molecule has 126 valence electrons. The van der Waals surface area contributed by atoms with Crippen LogP contribution in [0.1, 0.15) is 12.0 Å². The lowest BCUT2D eigenvalue weighted by Gasteiger charge is -2.36. The molecule has 0 unspecified atom stereocenters. The molecule has 0 bridgehead atoms. The molecule has 1 saturated heterocycles. The Balaban J connectivity index is 1.55. The summed E-state index contributed by atoms with van der Waals surface area (Å²) >= 11 is 0. The van der Waals surface area contributed by atoms with Crippen molar-refractivity contribution in [1.29, 1.82) is 0 Å². The minimum Gasteiger partial charge on any atom is -0.453 e. The normalized spacial score (nSPS) is 20.6. The molecule has 1 aromatic heterocycles. The Kier molecular flexibility index (Phi) is 5.38. The third-order valence-corrected chi connectivity index (χ3v) is 4.25. The molecule has 24 heavy (non-hydrogen) atoms. The minimum absolute atomic E-state index is 0.0399. The molecule has 0 spiro atoms.